The molecule has 0 radical (unpaired) electrons. The Hall–Kier alpha value is -1.97. The van der Waals surface area contributed by atoms with Gasteiger partial charge in [-0.1, -0.05) is 26.2 Å². The Labute approximate surface area is 145 Å². The van der Waals surface area contributed by atoms with Crippen molar-refractivity contribution in [2.75, 3.05) is 12.3 Å². The topological polar surface area (TPSA) is 137 Å². The summed E-state index contributed by atoms with van der Waals surface area (Å²) in [5.74, 6) is -0.334. The number of nitrogen functional groups attached to an aromatic ring is 1. The van der Waals surface area contributed by atoms with Gasteiger partial charge in [0.15, 0.2) is 6.23 Å². The van der Waals surface area contributed by atoms with Gasteiger partial charge in [0.25, 0.3) is 0 Å². The van der Waals surface area contributed by atoms with Crippen LogP contribution in [-0.2, 0) is 14.3 Å². The second kappa shape index (κ2) is 8.93. The van der Waals surface area contributed by atoms with Crippen molar-refractivity contribution in [3.63, 3.8) is 0 Å². The second-order valence-electron chi connectivity index (χ2n) is 6.08. The van der Waals surface area contributed by atoms with Crippen LogP contribution in [0.3, 0.4) is 0 Å². The van der Waals surface area contributed by atoms with Crippen LogP contribution in [0.15, 0.2) is 17.1 Å². The van der Waals surface area contributed by atoms with E-state index in [1.807, 2.05) is 0 Å². The van der Waals surface area contributed by atoms with Crippen LogP contribution in [0.4, 0.5) is 5.82 Å². The Balaban J connectivity index is 1.89. The molecule has 25 heavy (non-hydrogen) atoms. The molecule has 1 aromatic heterocycles. The van der Waals surface area contributed by atoms with Gasteiger partial charge in [-0.2, -0.15) is 4.98 Å². The molecule has 0 bridgehead atoms. The van der Waals surface area contributed by atoms with Gasteiger partial charge in [0.2, 0.25) is 0 Å². The van der Waals surface area contributed by atoms with E-state index in [4.69, 9.17) is 15.2 Å². The Morgan fingerprint density at radius 1 is 1.36 bits per heavy atom. The molecule has 4 N–H and O–H groups in total. The zero-order valence-electron chi connectivity index (χ0n) is 14.2. The molecule has 1 aliphatic rings. The van der Waals surface area contributed by atoms with Crippen molar-refractivity contribution in [3.8, 4) is 0 Å². The highest BCUT2D eigenvalue weighted by molar-refractivity contribution is 5.69. The molecular formula is C16H25N3O6. The number of carbonyl (C=O) groups is 1. The van der Waals surface area contributed by atoms with Crippen LogP contribution >= 0.6 is 0 Å². The Kier molecular flexibility index (Phi) is 6.91. The number of unbranched alkanes of at least 4 members (excludes halogenated alkanes) is 3. The Morgan fingerprint density at radius 3 is 2.80 bits per heavy atom. The maximum Gasteiger partial charge on any atom is 0.351 e. The highest BCUT2D eigenvalue weighted by atomic mass is 16.6. The Bertz CT molecular complexity index is 635. The molecular weight excluding hydrogens is 330 g/mol. The van der Waals surface area contributed by atoms with E-state index in [0.717, 1.165) is 30.3 Å². The highest BCUT2D eigenvalue weighted by Crippen LogP contribution is 2.28. The first-order chi connectivity index (χ1) is 11.9. The van der Waals surface area contributed by atoms with Crippen LogP contribution in [0.1, 0.15) is 45.3 Å². The molecule has 9 heteroatoms. The van der Waals surface area contributed by atoms with Gasteiger partial charge in [0.1, 0.15) is 30.7 Å². The summed E-state index contributed by atoms with van der Waals surface area (Å²) < 4.78 is 11.6. The molecule has 1 saturated heterocycles. The lowest BCUT2D eigenvalue weighted by molar-refractivity contribution is -0.150. The fourth-order valence-electron chi connectivity index (χ4n) is 2.66. The van der Waals surface area contributed by atoms with Gasteiger partial charge in [0, 0.05) is 12.6 Å². The second-order valence-corrected chi connectivity index (χ2v) is 6.08. The summed E-state index contributed by atoms with van der Waals surface area (Å²) in [7, 11) is 0. The van der Waals surface area contributed by atoms with Crippen LogP contribution in [0, 0.1) is 0 Å². The predicted molar refractivity (Wildman–Crippen MR) is 88.6 cm³/mol. The Morgan fingerprint density at radius 2 is 2.12 bits per heavy atom. The highest BCUT2D eigenvalue weighted by Gasteiger charge is 2.44. The first-order valence-corrected chi connectivity index (χ1v) is 8.46. The minimum Gasteiger partial charge on any atom is -0.463 e. The van der Waals surface area contributed by atoms with E-state index in [2.05, 4.69) is 11.9 Å². The summed E-state index contributed by atoms with van der Waals surface area (Å²) in [4.78, 5) is 27.1. The van der Waals surface area contributed by atoms with Gasteiger partial charge in [-0.15, -0.1) is 0 Å². The van der Waals surface area contributed by atoms with Crippen molar-refractivity contribution in [3.05, 3.63) is 22.7 Å². The van der Waals surface area contributed by atoms with Crippen molar-refractivity contribution in [1.82, 2.24) is 9.55 Å². The third-order valence-corrected chi connectivity index (χ3v) is 4.11. The minimum atomic E-state index is -1.35. The van der Waals surface area contributed by atoms with Crippen LogP contribution < -0.4 is 11.4 Å². The largest absolute Gasteiger partial charge is 0.463 e. The number of aromatic nitrogens is 2. The third kappa shape index (κ3) is 5.00. The van der Waals surface area contributed by atoms with Gasteiger partial charge in [-0.05, 0) is 12.5 Å². The molecule has 140 valence electrons. The van der Waals surface area contributed by atoms with E-state index in [1.54, 1.807) is 0 Å². The lowest BCUT2D eigenvalue weighted by Crippen LogP contribution is -2.36. The summed E-state index contributed by atoms with van der Waals surface area (Å²) in [6, 6.07) is 1.38. The van der Waals surface area contributed by atoms with E-state index in [1.165, 1.54) is 12.3 Å². The van der Waals surface area contributed by atoms with Crippen LogP contribution in [0.2, 0.25) is 0 Å². The molecule has 0 aliphatic carbocycles. The van der Waals surface area contributed by atoms with Crippen molar-refractivity contribution < 1.29 is 24.5 Å². The monoisotopic (exact) mass is 355 g/mol. The summed E-state index contributed by atoms with van der Waals surface area (Å²) in [6.07, 6.45) is 0.794. The van der Waals surface area contributed by atoms with Crippen LogP contribution in [0.25, 0.3) is 0 Å². The summed E-state index contributed by atoms with van der Waals surface area (Å²) >= 11 is 0. The number of esters is 1. The number of anilines is 1. The first kappa shape index (κ1) is 19.4. The zero-order valence-corrected chi connectivity index (χ0v) is 14.2. The summed E-state index contributed by atoms with van der Waals surface area (Å²) in [5, 5.41) is 20.2. The maximum atomic E-state index is 11.8. The summed E-state index contributed by atoms with van der Waals surface area (Å²) in [6.45, 7) is 1.89. The normalized spacial score (nSPS) is 25.9. The van der Waals surface area contributed by atoms with Crippen molar-refractivity contribution in [2.24, 2.45) is 0 Å². The van der Waals surface area contributed by atoms with Crippen molar-refractivity contribution >= 4 is 11.8 Å². The van der Waals surface area contributed by atoms with Gasteiger partial charge < -0.3 is 25.4 Å². The molecule has 2 heterocycles. The van der Waals surface area contributed by atoms with Crippen molar-refractivity contribution in [1.29, 1.82) is 0 Å². The van der Waals surface area contributed by atoms with Gasteiger partial charge in [-0.25, -0.2) is 4.79 Å². The van der Waals surface area contributed by atoms with E-state index in [0.29, 0.717) is 6.42 Å². The number of ether oxygens (including phenoxy) is 2. The third-order valence-electron chi connectivity index (χ3n) is 4.11. The van der Waals surface area contributed by atoms with Gasteiger partial charge in [-0.3, -0.25) is 9.36 Å². The van der Waals surface area contributed by atoms with Crippen LogP contribution in [0.5, 0.6) is 0 Å². The molecule has 4 unspecified atom stereocenters. The number of aliphatic hydroxyl groups excluding tert-OH is 2. The van der Waals surface area contributed by atoms with Gasteiger partial charge >= 0.3 is 11.7 Å². The van der Waals surface area contributed by atoms with Crippen LogP contribution in [-0.4, -0.2) is 50.7 Å². The first-order valence-electron chi connectivity index (χ1n) is 8.46. The van der Waals surface area contributed by atoms with Crippen molar-refractivity contribution in [2.45, 2.75) is 63.6 Å². The average Bonchev–Trinajstić information content (AvgIpc) is 2.85. The SMILES string of the molecule is CCCCCCC(=O)OCC1OC(n2ccc(N)nc2=O)C(O)C1O. The lowest BCUT2D eigenvalue weighted by atomic mass is 10.1. The molecule has 9 nitrogen and oxygen atoms in total. The number of hydrogen-bond donors (Lipinski definition) is 3. The molecule has 0 amide bonds. The fraction of sp³-hybridized carbons (Fsp3) is 0.688. The molecule has 1 aliphatic heterocycles. The number of nitrogens with zero attached hydrogens (tertiary/aromatic N) is 2. The van der Waals surface area contributed by atoms with E-state index in [9.17, 15) is 19.8 Å². The molecule has 1 fully saturated rings. The molecule has 0 saturated carbocycles. The fourth-order valence-corrected chi connectivity index (χ4v) is 2.66. The smallest absolute Gasteiger partial charge is 0.351 e. The molecule has 0 spiro atoms. The molecule has 4 atom stereocenters. The number of carbonyl (C=O) groups excluding carboxylic acids is 1. The van der Waals surface area contributed by atoms with Gasteiger partial charge in [0.05, 0.1) is 0 Å². The number of nitrogens with two attached hydrogens (primary N) is 1. The zero-order chi connectivity index (χ0) is 18.4. The predicted octanol–water partition coefficient (Wildman–Crippen LogP) is -0.0417. The molecule has 2 rings (SSSR count). The standard InChI is InChI=1S/C16H25N3O6/c1-2-3-4-5-6-12(20)24-9-10-13(21)14(22)15(25-10)19-8-7-11(17)18-16(19)23/h7-8,10,13-15,21-22H,2-6,9H2,1H3,(H2,17,18,23). The lowest BCUT2D eigenvalue weighted by Gasteiger charge is -2.16. The van der Waals surface area contributed by atoms with E-state index < -0.39 is 30.2 Å². The number of aliphatic hydroxyl groups is 2. The molecule has 1 aromatic rings. The minimum absolute atomic E-state index is 0.0443. The quantitative estimate of drug-likeness (QED) is 0.436. The molecule has 0 aromatic carbocycles. The number of rotatable bonds is 8. The van der Waals surface area contributed by atoms with E-state index in [-0.39, 0.29) is 18.4 Å². The number of hydrogen-bond acceptors (Lipinski definition) is 8. The maximum absolute atomic E-state index is 11.8. The summed E-state index contributed by atoms with van der Waals surface area (Å²) in [5.41, 5.74) is 4.72. The average molecular weight is 355 g/mol. The van der Waals surface area contributed by atoms with E-state index >= 15 is 0 Å².